The first-order chi connectivity index (χ1) is 10.6. The average molecular weight is 326 g/mol. The summed E-state index contributed by atoms with van der Waals surface area (Å²) in [5, 5.41) is 2.42. The zero-order valence-corrected chi connectivity index (χ0v) is 14.1. The van der Waals surface area contributed by atoms with Gasteiger partial charge in [-0.2, -0.15) is 0 Å². The van der Waals surface area contributed by atoms with Gasteiger partial charge in [-0.3, -0.25) is 0 Å². The second kappa shape index (κ2) is 7.17. The molecule has 0 spiro atoms. The first-order valence-corrected chi connectivity index (χ1v) is 6.90. The Morgan fingerprint density at radius 2 is 1.74 bits per heavy atom. The number of alkyl carbamates (subject to hydrolysis) is 1. The molecule has 1 heterocycles. The highest BCUT2D eigenvalue weighted by Gasteiger charge is 2.31. The summed E-state index contributed by atoms with van der Waals surface area (Å²) in [5.74, 6) is -1.35. The van der Waals surface area contributed by atoms with Gasteiger partial charge in [-0.25, -0.2) is 14.4 Å². The van der Waals surface area contributed by atoms with E-state index >= 15 is 0 Å². The Balaban J connectivity index is 3.16. The number of carbonyl (C=O) groups is 3. The molecule has 0 aliphatic rings. The normalized spacial score (nSPS) is 12.3. The lowest BCUT2D eigenvalue weighted by molar-refractivity contribution is -0.143. The molecule has 8 heteroatoms. The molecule has 128 valence electrons. The molecule has 0 bridgehead atoms. The molecule has 0 radical (unpaired) electrons. The number of nitrogens with one attached hydrogen (secondary N) is 1. The Labute approximate surface area is 134 Å². The van der Waals surface area contributed by atoms with Crippen molar-refractivity contribution in [3.63, 3.8) is 0 Å². The van der Waals surface area contributed by atoms with E-state index in [0.717, 1.165) is 0 Å². The lowest BCUT2D eigenvalue weighted by Crippen LogP contribution is -2.39. The van der Waals surface area contributed by atoms with Crippen molar-refractivity contribution in [1.82, 2.24) is 9.88 Å². The summed E-state index contributed by atoms with van der Waals surface area (Å²) < 4.78 is 16.1. The number of carbonyl (C=O) groups excluding carboxylic acids is 3. The van der Waals surface area contributed by atoms with Crippen LogP contribution in [-0.4, -0.2) is 42.4 Å². The number of hydrogen-bond donors (Lipinski definition) is 1. The second-order valence-electron chi connectivity index (χ2n) is 5.89. The van der Waals surface area contributed by atoms with Crippen LogP contribution in [0.25, 0.3) is 0 Å². The third-order valence-electron chi connectivity index (χ3n) is 2.80. The maximum atomic E-state index is 12.0. The summed E-state index contributed by atoms with van der Waals surface area (Å²) in [7, 11) is 4.10. The number of aromatic nitrogens is 1. The van der Waals surface area contributed by atoms with Crippen LogP contribution in [0.3, 0.4) is 0 Å². The van der Waals surface area contributed by atoms with Crippen LogP contribution in [0.4, 0.5) is 4.79 Å². The predicted molar refractivity (Wildman–Crippen MR) is 80.9 cm³/mol. The number of nitrogens with zero attached hydrogens (tertiary/aromatic N) is 1. The average Bonchev–Trinajstić information content (AvgIpc) is 2.82. The fourth-order valence-corrected chi connectivity index (χ4v) is 1.92. The van der Waals surface area contributed by atoms with Crippen LogP contribution in [-0.2, 0) is 26.1 Å². The van der Waals surface area contributed by atoms with Gasteiger partial charge in [0.25, 0.3) is 0 Å². The minimum Gasteiger partial charge on any atom is -0.467 e. The smallest absolute Gasteiger partial charge is 0.408 e. The van der Waals surface area contributed by atoms with Gasteiger partial charge < -0.3 is 24.1 Å². The van der Waals surface area contributed by atoms with Crippen LogP contribution >= 0.6 is 0 Å². The molecule has 23 heavy (non-hydrogen) atoms. The van der Waals surface area contributed by atoms with Crippen molar-refractivity contribution in [3.05, 3.63) is 23.5 Å². The molecule has 1 rings (SSSR count). The van der Waals surface area contributed by atoms with Crippen molar-refractivity contribution in [2.75, 3.05) is 14.2 Å². The Morgan fingerprint density at radius 3 is 2.22 bits per heavy atom. The molecule has 1 amide bonds. The standard InChI is InChI=1S/C15H22N2O6/c1-15(2,3)23-14(20)16-11(13(19)22-6)9-7-17(4)8-10(9)12(18)21-5/h7-8,11H,1-6H3,(H,16,20)/t11-/m0/s1. The van der Waals surface area contributed by atoms with Gasteiger partial charge in [0.05, 0.1) is 19.8 Å². The fraction of sp³-hybridized carbons (Fsp3) is 0.533. The Morgan fingerprint density at radius 1 is 1.13 bits per heavy atom. The monoisotopic (exact) mass is 326 g/mol. The quantitative estimate of drug-likeness (QED) is 0.666. The van der Waals surface area contributed by atoms with Crippen molar-refractivity contribution >= 4 is 18.0 Å². The number of hydrogen-bond acceptors (Lipinski definition) is 6. The maximum Gasteiger partial charge on any atom is 0.408 e. The molecule has 0 aliphatic carbocycles. The van der Waals surface area contributed by atoms with Crippen molar-refractivity contribution in [3.8, 4) is 0 Å². The van der Waals surface area contributed by atoms with Crippen molar-refractivity contribution in [2.24, 2.45) is 7.05 Å². The fourth-order valence-electron chi connectivity index (χ4n) is 1.92. The molecule has 1 N–H and O–H groups in total. The topological polar surface area (TPSA) is 95.9 Å². The van der Waals surface area contributed by atoms with E-state index in [1.165, 1.54) is 26.6 Å². The van der Waals surface area contributed by atoms with E-state index in [4.69, 9.17) is 14.2 Å². The number of methoxy groups -OCH3 is 2. The highest BCUT2D eigenvalue weighted by atomic mass is 16.6. The van der Waals surface area contributed by atoms with Crippen molar-refractivity contribution < 1.29 is 28.6 Å². The molecule has 0 aromatic carbocycles. The van der Waals surface area contributed by atoms with Gasteiger partial charge in [-0.15, -0.1) is 0 Å². The molecule has 0 saturated heterocycles. The van der Waals surface area contributed by atoms with Gasteiger partial charge in [0, 0.05) is 25.0 Å². The number of esters is 2. The van der Waals surface area contributed by atoms with Crippen LogP contribution < -0.4 is 5.32 Å². The Bertz CT molecular complexity index is 600. The van der Waals surface area contributed by atoms with Gasteiger partial charge >= 0.3 is 18.0 Å². The first-order valence-electron chi connectivity index (χ1n) is 6.90. The number of rotatable bonds is 4. The summed E-state index contributed by atoms with van der Waals surface area (Å²) in [5.41, 5.74) is -0.314. The van der Waals surface area contributed by atoms with Crippen LogP contribution in [0, 0.1) is 0 Å². The zero-order chi connectivity index (χ0) is 17.8. The Hall–Kier alpha value is -2.51. The molecular formula is C15H22N2O6. The second-order valence-corrected chi connectivity index (χ2v) is 5.89. The third kappa shape index (κ3) is 5.01. The zero-order valence-electron chi connectivity index (χ0n) is 14.1. The number of amides is 1. The van der Waals surface area contributed by atoms with E-state index in [2.05, 4.69) is 5.32 Å². The van der Waals surface area contributed by atoms with Gasteiger partial charge in [0.15, 0.2) is 6.04 Å². The Kier molecular flexibility index (Phi) is 5.78. The van der Waals surface area contributed by atoms with E-state index in [1.807, 2.05) is 0 Å². The first kappa shape index (κ1) is 18.5. The van der Waals surface area contributed by atoms with Gasteiger partial charge in [0.2, 0.25) is 0 Å². The summed E-state index contributed by atoms with van der Waals surface area (Å²) in [6, 6.07) is -1.19. The van der Waals surface area contributed by atoms with Gasteiger partial charge in [-0.1, -0.05) is 0 Å². The summed E-state index contributed by atoms with van der Waals surface area (Å²) >= 11 is 0. The van der Waals surface area contributed by atoms with Crippen molar-refractivity contribution in [2.45, 2.75) is 32.4 Å². The van der Waals surface area contributed by atoms with E-state index in [0.29, 0.717) is 0 Å². The highest BCUT2D eigenvalue weighted by Crippen LogP contribution is 2.22. The lowest BCUT2D eigenvalue weighted by atomic mass is 10.1. The van der Waals surface area contributed by atoms with E-state index < -0.39 is 29.7 Å². The molecule has 1 aromatic heterocycles. The van der Waals surface area contributed by atoms with Crippen molar-refractivity contribution in [1.29, 1.82) is 0 Å². The molecule has 0 unspecified atom stereocenters. The minimum absolute atomic E-state index is 0.154. The molecule has 1 atom stereocenters. The molecule has 0 aliphatic heterocycles. The number of ether oxygens (including phenoxy) is 3. The summed E-state index contributed by atoms with van der Waals surface area (Å²) in [6.07, 6.45) is 2.23. The molecule has 1 aromatic rings. The van der Waals surface area contributed by atoms with Gasteiger partial charge in [-0.05, 0) is 20.8 Å². The van der Waals surface area contributed by atoms with Crippen LogP contribution in [0.1, 0.15) is 42.7 Å². The summed E-state index contributed by atoms with van der Waals surface area (Å²) in [6.45, 7) is 5.09. The van der Waals surface area contributed by atoms with E-state index in [1.54, 1.807) is 32.4 Å². The highest BCUT2D eigenvalue weighted by molar-refractivity contribution is 5.94. The molecule has 0 saturated carbocycles. The van der Waals surface area contributed by atoms with Crippen LogP contribution in [0.5, 0.6) is 0 Å². The van der Waals surface area contributed by atoms with Gasteiger partial charge in [0.1, 0.15) is 5.60 Å². The lowest BCUT2D eigenvalue weighted by Gasteiger charge is -2.22. The third-order valence-corrected chi connectivity index (χ3v) is 2.80. The van der Waals surface area contributed by atoms with E-state index in [-0.39, 0.29) is 11.1 Å². The largest absolute Gasteiger partial charge is 0.467 e. The van der Waals surface area contributed by atoms with Crippen LogP contribution in [0.2, 0.25) is 0 Å². The predicted octanol–water partition coefficient (Wildman–Crippen LogP) is 1.55. The molecular weight excluding hydrogens is 304 g/mol. The minimum atomic E-state index is -1.19. The van der Waals surface area contributed by atoms with Crippen LogP contribution in [0.15, 0.2) is 12.4 Å². The molecule has 8 nitrogen and oxygen atoms in total. The van der Waals surface area contributed by atoms with E-state index in [9.17, 15) is 14.4 Å². The maximum absolute atomic E-state index is 12.0. The number of aryl methyl sites for hydroxylation is 1. The summed E-state index contributed by atoms with van der Waals surface area (Å²) in [4.78, 5) is 35.8. The SMILES string of the molecule is COC(=O)c1cn(C)cc1[C@H](NC(=O)OC(C)(C)C)C(=O)OC. The molecule has 0 fully saturated rings.